The van der Waals surface area contributed by atoms with Crippen molar-refractivity contribution in [2.75, 3.05) is 19.6 Å². The second kappa shape index (κ2) is 8.37. The van der Waals surface area contributed by atoms with E-state index in [0.717, 1.165) is 24.9 Å². The number of aliphatic hydroxyl groups is 1. The van der Waals surface area contributed by atoms with E-state index >= 15 is 0 Å². The number of carbonyl (C=O) groups is 1. The molecule has 1 aliphatic rings. The van der Waals surface area contributed by atoms with Gasteiger partial charge in [0, 0.05) is 6.54 Å². The fourth-order valence-electron chi connectivity index (χ4n) is 2.59. The molecule has 1 fully saturated rings. The summed E-state index contributed by atoms with van der Waals surface area (Å²) in [6, 6.07) is 7.74. The molecule has 118 valence electrons. The third kappa shape index (κ3) is 4.70. The minimum absolute atomic E-state index is 0. The topological polar surface area (TPSA) is 52.6 Å². The summed E-state index contributed by atoms with van der Waals surface area (Å²) >= 11 is 0. The van der Waals surface area contributed by atoms with Gasteiger partial charge in [-0.25, -0.2) is 0 Å². The van der Waals surface area contributed by atoms with Crippen LogP contribution in [0.3, 0.4) is 0 Å². The van der Waals surface area contributed by atoms with Crippen molar-refractivity contribution < 1.29 is 9.90 Å². The van der Waals surface area contributed by atoms with E-state index < -0.39 is 6.10 Å². The molecule has 0 aliphatic carbocycles. The molecule has 4 nitrogen and oxygen atoms in total. The highest BCUT2D eigenvalue weighted by molar-refractivity contribution is 5.85. The normalized spacial score (nSPS) is 18.9. The number of benzene rings is 1. The zero-order valence-corrected chi connectivity index (χ0v) is 13.5. The number of aliphatic hydroxyl groups excluding tert-OH is 1. The fourth-order valence-corrected chi connectivity index (χ4v) is 2.59. The van der Waals surface area contributed by atoms with Gasteiger partial charge in [-0.05, 0) is 38.8 Å². The number of amides is 1. The Bertz CT molecular complexity index is 444. The molecule has 21 heavy (non-hydrogen) atoms. The second-order valence-electron chi connectivity index (χ2n) is 5.45. The molecule has 1 aromatic rings. The van der Waals surface area contributed by atoms with E-state index in [-0.39, 0.29) is 24.4 Å². The van der Waals surface area contributed by atoms with Crippen LogP contribution in [0.15, 0.2) is 24.3 Å². The molecular formula is C16H25ClN2O2. The lowest BCUT2D eigenvalue weighted by Crippen LogP contribution is -2.45. The molecule has 1 aliphatic heterocycles. The van der Waals surface area contributed by atoms with Crippen LogP contribution in [0.1, 0.15) is 37.0 Å². The minimum atomic E-state index is -0.624. The molecule has 1 amide bonds. The molecule has 1 heterocycles. The quantitative estimate of drug-likeness (QED) is 0.875. The number of aryl methyl sites for hydroxylation is 1. The number of carbonyl (C=O) groups excluding carboxylic acids is 1. The van der Waals surface area contributed by atoms with Gasteiger partial charge in [0.2, 0.25) is 5.91 Å². The average Bonchev–Trinajstić information content (AvgIpc) is 2.98. The summed E-state index contributed by atoms with van der Waals surface area (Å²) in [5, 5.41) is 13.5. The van der Waals surface area contributed by atoms with Gasteiger partial charge in [0.05, 0.1) is 18.7 Å². The van der Waals surface area contributed by atoms with Crippen molar-refractivity contribution in [3.05, 3.63) is 35.4 Å². The highest BCUT2D eigenvalue weighted by Crippen LogP contribution is 2.17. The summed E-state index contributed by atoms with van der Waals surface area (Å²) in [6.45, 7) is 5.86. The van der Waals surface area contributed by atoms with Gasteiger partial charge in [-0.2, -0.15) is 0 Å². The molecule has 1 saturated heterocycles. The molecular weight excluding hydrogens is 288 g/mol. The maximum absolute atomic E-state index is 12.3. The minimum Gasteiger partial charge on any atom is -0.387 e. The van der Waals surface area contributed by atoms with Crippen LogP contribution in [0.4, 0.5) is 0 Å². The number of nitrogens with zero attached hydrogens (tertiary/aromatic N) is 1. The number of hydrogen-bond donors (Lipinski definition) is 2. The van der Waals surface area contributed by atoms with Crippen LogP contribution < -0.4 is 5.32 Å². The third-order valence-electron chi connectivity index (χ3n) is 3.91. The highest BCUT2D eigenvalue weighted by atomic mass is 35.5. The van der Waals surface area contributed by atoms with Gasteiger partial charge in [-0.3, -0.25) is 4.79 Å². The Morgan fingerprint density at radius 2 is 2.10 bits per heavy atom. The van der Waals surface area contributed by atoms with Gasteiger partial charge in [0.25, 0.3) is 0 Å². The summed E-state index contributed by atoms with van der Waals surface area (Å²) in [5.74, 6) is 0.108. The Hall–Kier alpha value is -1.10. The summed E-state index contributed by atoms with van der Waals surface area (Å²) in [6.07, 6.45) is 1.32. The van der Waals surface area contributed by atoms with Gasteiger partial charge >= 0.3 is 0 Å². The molecule has 0 spiro atoms. The molecule has 0 radical (unpaired) electrons. The van der Waals surface area contributed by atoms with Crippen LogP contribution in [0.5, 0.6) is 0 Å². The number of hydrogen-bond acceptors (Lipinski definition) is 3. The smallest absolute Gasteiger partial charge is 0.239 e. The maximum atomic E-state index is 12.3. The van der Waals surface area contributed by atoms with Crippen LogP contribution in [0.25, 0.3) is 0 Å². The zero-order chi connectivity index (χ0) is 14.5. The Balaban J connectivity index is 0.00000220. The molecule has 5 heteroatoms. The molecule has 1 aromatic carbocycles. The van der Waals surface area contributed by atoms with Gasteiger partial charge in [-0.1, -0.05) is 29.8 Å². The van der Waals surface area contributed by atoms with E-state index in [1.807, 2.05) is 38.1 Å². The van der Waals surface area contributed by atoms with Crippen LogP contribution in [-0.2, 0) is 4.79 Å². The second-order valence-corrected chi connectivity index (χ2v) is 5.45. The van der Waals surface area contributed by atoms with Gasteiger partial charge in [0.1, 0.15) is 0 Å². The van der Waals surface area contributed by atoms with Crippen molar-refractivity contribution in [2.45, 2.75) is 38.8 Å². The van der Waals surface area contributed by atoms with Gasteiger partial charge < -0.3 is 15.3 Å². The standard InChI is InChI=1S/C16H24N2O2.ClH/c1-3-18(16(20)14-5-4-10-17-14)11-15(19)13-8-6-12(2)7-9-13;/h6-9,14-15,17,19H,3-5,10-11H2,1-2H3;1H. The zero-order valence-electron chi connectivity index (χ0n) is 12.7. The molecule has 2 N–H and O–H groups in total. The first-order chi connectivity index (χ1) is 9.61. The largest absolute Gasteiger partial charge is 0.387 e. The van der Waals surface area contributed by atoms with E-state index in [1.165, 1.54) is 5.56 Å². The van der Waals surface area contributed by atoms with Gasteiger partial charge in [0.15, 0.2) is 0 Å². The first-order valence-corrected chi connectivity index (χ1v) is 7.38. The van der Waals surface area contributed by atoms with Crippen LogP contribution in [-0.4, -0.2) is 41.6 Å². The SMILES string of the molecule is CCN(CC(O)c1ccc(C)cc1)C(=O)C1CCCN1.Cl. The molecule has 2 unspecified atom stereocenters. The predicted octanol–water partition coefficient (Wildman–Crippen LogP) is 2.05. The number of halogens is 1. The van der Waals surface area contributed by atoms with E-state index in [1.54, 1.807) is 4.90 Å². The first kappa shape index (κ1) is 18.0. The van der Waals surface area contributed by atoms with E-state index in [2.05, 4.69) is 5.32 Å². The average molecular weight is 313 g/mol. The van der Waals surface area contributed by atoms with Crippen molar-refractivity contribution in [3.8, 4) is 0 Å². The first-order valence-electron chi connectivity index (χ1n) is 7.38. The van der Waals surface area contributed by atoms with Crippen molar-refractivity contribution in [1.82, 2.24) is 10.2 Å². The Labute approximate surface area is 132 Å². The van der Waals surface area contributed by atoms with Crippen molar-refractivity contribution in [2.24, 2.45) is 0 Å². The molecule has 0 bridgehead atoms. The summed E-state index contributed by atoms with van der Waals surface area (Å²) < 4.78 is 0. The van der Waals surface area contributed by atoms with Crippen LogP contribution >= 0.6 is 12.4 Å². The highest BCUT2D eigenvalue weighted by Gasteiger charge is 2.27. The number of nitrogens with one attached hydrogen (secondary N) is 1. The number of rotatable bonds is 5. The molecule has 2 atom stereocenters. The van der Waals surface area contributed by atoms with Crippen LogP contribution in [0.2, 0.25) is 0 Å². The molecule has 2 rings (SSSR count). The fraction of sp³-hybridized carbons (Fsp3) is 0.562. The summed E-state index contributed by atoms with van der Waals surface area (Å²) in [4.78, 5) is 14.1. The number of likely N-dealkylation sites (N-methyl/N-ethyl adjacent to an activating group) is 1. The maximum Gasteiger partial charge on any atom is 0.239 e. The van der Waals surface area contributed by atoms with Crippen molar-refractivity contribution in [1.29, 1.82) is 0 Å². The molecule has 0 aromatic heterocycles. The Kier molecular flexibility index (Phi) is 7.15. The van der Waals surface area contributed by atoms with E-state index in [4.69, 9.17) is 0 Å². The lowest BCUT2D eigenvalue weighted by atomic mass is 10.1. The van der Waals surface area contributed by atoms with E-state index in [9.17, 15) is 9.90 Å². The molecule has 0 saturated carbocycles. The summed E-state index contributed by atoms with van der Waals surface area (Å²) in [7, 11) is 0. The predicted molar refractivity (Wildman–Crippen MR) is 86.7 cm³/mol. The van der Waals surface area contributed by atoms with Gasteiger partial charge in [-0.15, -0.1) is 12.4 Å². The summed E-state index contributed by atoms with van der Waals surface area (Å²) in [5.41, 5.74) is 2.03. The monoisotopic (exact) mass is 312 g/mol. The van der Waals surface area contributed by atoms with Crippen LogP contribution in [0, 0.1) is 6.92 Å². The van der Waals surface area contributed by atoms with Crippen molar-refractivity contribution in [3.63, 3.8) is 0 Å². The lowest BCUT2D eigenvalue weighted by Gasteiger charge is -2.27. The third-order valence-corrected chi connectivity index (χ3v) is 3.91. The lowest BCUT2D eigenvalue weighted by molar-refractivity contribution is -0.134. The Morgan fingerprint density at radius 1 is 1.43 bits per heavy atom. The Morgan fingerprint density at radius 3 is 2.62 bits per heavy atom. The van der Waals surface area contributed by atoms with E-state index in [0.29, 0.717) is 13.1 Å². The van der Waals surface area contributed by atoms with Crippen molar-refractivity contribution >= 4 is 18.3 Å².